The van der Waals surface area contributed by atoms with Gasteiger partial charge in [-0.15, -0.1) is 0 Å². The van der Waals surface area contributed by atoms with E-state index < -0.39 is 0 Å². The number of rotatable bonds is 4. The highest BCUT2D eigenvalue weighted by molar-refractivity contribution is 5.77. The van der Waals surface area contributed by atoms with Gasteiger partial charge in [-0.2, -0.15) is 0 Å². The number of benzene rings is 1. The number of nitrogens with one attached hydrogen (secondary N) is 1. The van der Waals surface area contributed by atoms with Crippen LogP contribution in [0.1, 0.15) is 44.2 Å². The number of piperidine rings is 1. The van der Waals surface area contributed by atoms with E-state index in [1.165, 1.54) is 25.0 Å². The molecule has 1 saturated heterocycles. The molecule has 1 aromatic rings. The van der Waals surface area contributed by atoms with Crippen molar-refractivity contribution in [2.24, 2.45) is 0 Å². The van der Waals surface area contributed by atoms with Gasteiger partial charge in [-0.1, -0.05) is 18.6 Å². The van der Waals surface area contributed by atoms with Crippen molar-refractivity contribution < 1.29 is 9.18 Å². The highest BCUT2D eigenvalue weighted by Gasteiger charge is 2.22. The van der Waals surface area contributed by atoms with Crippen molar-refractivity contribution >= 4 is 5.91 Å². The van der Waals surface area contributed by atoms with E-state index in [4.69, 9.17) is 0 Å². The highest BCUT2D eigenvalue weighted by Crippen LogP contribution is 2.19. The first-order valence-electron chi connectivity index (χ1n) is 7.31. The SMILES string of the molecule is CC(NC(=O)CC1CCCCN1C)c1ccc(F)cc1. The van der Waals surface area contributed by atoms with Crippen LogP contribution in [0.25, 0.3) is 0 Å². The number of carbonyl (C=O) groups is 1. The second kappa shape index (κ2) is 6.84. The number of hydrogen-bond acceptors (Lipinski definition) is 2. The molecule has 1 aromatic carbocycles. The van der Waals surface area contributed by atoms with Crippen molar-refractivity contribution in [1.29, 1.82) is 0 Å². The molecule has 0 saturated carbocycles. The fraction of sp³-hybridized carbons (Fsp3) is 0.562. The fourth-order valence-electron chi connectivity index (χ4n) is 2.75. The zero-order valence-electron chi connectivity index (χ0n) is 12.2. The van der Waals surface area contributed by atoms with Crippen LogP contribution in [0, 0.1) is 5.82 Å². The molecule has 2 atom stereocenters. The second-order valence-electron chi connectivity index (χ2n) is 5.68. The van der Waals surface area contributed by atoms with Gasteiger partial charge in [-0.25, -0.2) is 4.39 Å². The number of hydrogen-bond donors (Lipinski definition) is 1. The van der Waals surface area contributed by atoms with Crippen LogP contribution in [0.2, 0.25) is 0 Å². The van der Waals surface area contributed by atoms with Gasteiger partial charge in [0.15, 0.2) is 0 Å². The lowest BCUT2D eigenvalue weighted by atomic mass is 9.99. The van der Waals surface area contributed by atoms with Crippen LogP contribution in [0.3, 0.4) is 0 Å². The molecule has 2 unspecified atom stereocenters. The molecule has 0 aromatic heterocycles. The van der Waals surface area contributed by atoms with E-state index in [2.05, 4.69) is 17.3 Å². The third-order valence-corrected chi connectivity index (χ3v) is 4.09. The predicted molar refractivity (Wildman–Crippen MR) is 77.8 cm³/mol. The molecule has 1 aliphatic rings. The van der Waals surface area contributed by atoms with Gasteiger partial charge < -0.3 is 10.2 Å². The Morgan fingerprint density at radius 2 is 2.10 bits per heavy atom. The van der Waals surface area contributed by atoms with Gasteiger partial charge in [-0.05, 0) is 51.1 Å². The Morgan fingerprint density at radius 1 is 1.40 bits per heavy atom. The molecular weight excluding hydrogens is 255 g/mol. The van der Waals surface area contributed by atoms with Gasteiger partial charge >= 0.3 is 0 Å². The Balaban J connectivity index is 1.85. The van der Waals surface area contributed by atoms with Crippen LogP contribution >= 0.6 is 0 Å². The van der Waals surface area contributed by atoms with Gasteiger partial charge in [0.25, 0.3) is 0 Å². The zero-order valence-corrected chi connectivity index (χ0v) is 12.2. The summed E-state index contributed by atoms with van der Waals surface area (Å²) in [6.45, 7) is 3.00. The van der Waals surface area contributed by atoms with Crippen molar-refractivity contribution in [2.75, 3.05) is 13.6 Å². The maximum absolute atomic E-state index is 12.9. The molecule has 0 radical (unpaired) electrons. The van der Waals surface area contributed by atoms with E-state index in [1.807, 2.05) is 6.92 Å². The molecule has 110 valence electrons. The molecule has 2 rings (SSSR count). The van der Waals surface area contributed by atoms with Crippen LogP contribution in [-0.4, -0.2) is 30.4 Å². The van der Waals surface area contributed by atoms with Crippen molar-refractivity contribution in [3.63, 3.8) is 0 Å². The third-order valence-electron chi connectivity index (χ3n) is 4.09. The van der Waals surface area contributed by atoms with E-state index in [1.54, 1.807) is 12.1 Å². The minimum Gasteiger partial charge on any atom is -0.350 e. The van der Waals surface area contributed by atoms with E-state index in [0.29, 0.717) is 12.5 Å². The summed E-state index contributed by atoms with van der Waals surface area (Å²) < 4.78 is 12.9. The fourth-order valence-corrected chi connectivity index (χ4v) is 2.75. The largest absolute Gasteiger partial charge is 0.350 e. The van der Waals surface area contributed by atoms with Crippen molar-refractivity contribution in [3.05, 3.63) is 35.6 Å². The first-order chi connectivity index (χ1) is 9.56. The quantitative estimate of drug-likeness (QED) is 0.918. The number of nitrogens with zero attached hydrogens (tertiary/aromatic N) is 1. The molecule has 3 nitrogen and oxygen atoms in total. The molecule has 1 heterocycles. The summed E-state index contributed by atoms with van der Waals surface area (Å²) in [5, 5.41) is 3.00. The summed E-state index contributed by atoms with van der Waals surface area (Å²) in [4.78, 5) is 14.4. The monoisotopic (exact) mass is 278 g/mol. The molecule has 20 heavy (non-hydrogen) atoms. The standard InChI is InChI=1S/C16H23FN2O/c1-12(13-6-8-14(17)9-7-13)18-16(20)11-15-5-3-4-10-19(15)2/h6-9,12,15H,3-5,10-11H2,1-2H3,(H,18,20). The van der Waals surface area contributed by atoms with Crippen molar-refractivity contribution in [3.8, 4) is 0 Å². The van der Waals surface area contributed by atoms with Gasteiger partial charge in [-0.3, -0.25) is 4.79 Å². The molecule has 0 bridgehead atoms. The van der Waals surface area contributed by atoms with Crippen molar-refractivity contribution in [2.45, 2.75) is 44.7 Å². The first-order valence-corrected chi connectivity index (χ1v) is 7.31. The Kier molecular flexibility index (Phi) is 5.12. The highest BCUT2D eigenvalue weighted by atomic mass is 19.1. The van der Waals surface area contributed by atoms with Crippen LogP contribution < -0.4 is 5.32 Å². The molecule has 0 aliphatic carbocycles. The summed E-state index contributed by atoms with van der Waals surface area (Å²) in [7, 11) is 2.08. The smallest absolute Gasteiger partial charge is 0.222 e. The average Bonchev–Trinajstić information content (AvgIpc) is 2.42. The number of halogens is 1. The lowest BCUT2D eigenvalue weighted by Crippen LogP contribution is -2.40. The van der Waals surface area contributed by atoms with Crippen LogP contribution in [-0.2, 0) is 4.79 Å². The third kappa shape index (κ3) is 4.04. The maximum atomic E-state index is 12.9. The van der Waals surface area contributed by atoms with Crippen LogP contribution in [0.15, 0.2) is 24.3 Å². The summed E-state index contributed by atoms with van der Waals surface area (Å²) >= 11 is 0. The van der Waals surface area contributed by atoms with E-state index >= 15 is 0 Å². The molecular formula is C16H23FN2O. The summed E-state index contributed by atoms with van der Waals surface area (Å²) in [6, 6.07) is 6.54. The minimum absolute atomic E-state index is 0.0700. The van der Waals surface area contributed by atoms with Crippen LogP contribution in [0.5, 0.6) is 0 Å². The Labute approximate surface area is 120 Å². The van der Waals surface area contributed by atoms with Gasteiger partial charge in [0.2, 0.25) is 5.91 Å². The van der Waals surface area contributed by atoms with Crippen LogP contribution in [0.4, 0.5) is 4.39 Å². The van der Waals surface area contributed by atoms with E-state index in [-0.39, 0.29) is 17.8 Å². The lowest BCUT2D eigenvalue weighted by molar-refractivity contribution is -0.123. The molecule has 1 amide bonds. The molecule has 0 spiro atoms. The molecule has 1 aliphatic heterocycles. The Bertz CT molecular complexity index is 446. The van der Waals surface area contributed by atoms with Gasteiger partial charge in [0.1, 0.15) is 5.82 Å². The lowest BCUT2D eigenvalue weighted by Gasteiger charge is -2.32. The van der Waals surface area contributed by atoms with E-state index in [0.717, 1.165) is 18.5 Å². The molecule has 4 heteroatoms. The topological polar surface area (TPSA) is 32.3 Å². The zero-order chi connectivity index (χ0) is 14.5. The number of amides is 1. The summed E-state index contributed by atoms with van der Waals surface area (Å²) in [5.41, 5.74) is 0.928. The number of likely N-dealkylation sites (tertiary alicyclic amines) is 1. The molecule has 1 N–H and O–H groups in total. The Hall–Kier alpha value is -1.42. The number of carbonyl (C=O) groups excluding carboxylic acids is 1. The average molecular weight is 278 g/mol. The normalized spacial score (nSPS) is 21.4. The van der Waals surface area contributed by atoms with Gasteiger partial charge in [0, 0.05) is 12.5 Å². The first kappa shape index (κ1) is 15.0. The second-order valence-corrected chi connectivity index (χ2v) is 5.68. The summed E-state index contributed by atoms with van der Waals surface area (Å²) in [6.07, 6.45) is 4.06. The summed E-state index contributed by atoms with van der Waals surface area (Å²) in [5.74, 6) is -0.184. The minimum atomic E-state index is -0.254. The van der Waals surface area contributed by atoms with Crippen molar-refractivity contribution in [1.82, 2.24) is 10.2 Å². The Morgan fingerprint density at radius 3 is 2.75 bits per heavy atom. The maximum Gasteiger partial charge on any atom is 0.222 e. The predicted octanol–water partition coefficient (Wildman–Crippen LogP) is 2.88. The molecule has 1 fully saturated rings. The van der Waals surface area contributed by atoms with E-state index in [9.17, 15) is 9.18 Å². The van der Waals surface area contributed by atoms with Gasteiger partial charge in [0.05, 0.1) is 6.04 Å².